The summed E-state index contributed by atoms with van der Waals surface area (Å²) in [5.41, 5.74) is -0.436. The summed E-state index contributed by atoms with van der Waals surface area (Å²) in [5, 5.41) is 52.9. The highest BCUT2D eigenvalue weighted by Crippen LogP contribution is 2.66. The molecule has 4 unspecified atom stereocenters. The van der Waals surface area contributed by atoms with Crippen LogP contribution >= 0.6 is 0 Å². The van der Waals surface area contributed by atoms with E-state index in [0.29, 0.717) is 6.42 Å². The Kier molecular flexibility index (Phi) is 3.87. The predicted octanol–water partition coefficient (Wildman–Crippen LogP) is 0.663. The first-order valence-corrected chi connectivity index (χ1v) is 9.62. The summed E-state index contributed by atoms with van der Waals surface area (Å²) < 4.78 is 0. The monoisotopic (exact) mass is 340 g/mol. The van der Waals surface area contributed by atoms with Crippen molar-refractivity contribution in [3.8, 4) is 0 Å². The number of rotatable bonds is 0. The van der Waals surface area contributed by atoms with E-state index in [2.05, 4.69) is 13.8 Å². The average Bonchev–Trinajstić information content (AvgIpc) is 2.84. The van der Waals surface area contributed by atoms with E-state index in [9.17, 15) is 25.5 Å². The van der Waals surface area contributed by atoms with Crippen LogP contribution in [0.25, 0.3) is 0 Å². The standard InChI is InChI=1S/C19H32O5/c1-18-7-5-10-13(9(18)3-4-12(18)21)16(23)17(24)14-15(22)11(20)6-8-19(10,14)2/h9-17,20-24H,3-8H2,1-2H3/t9?,10?,11-,12-,13?,14?,15+,16+,17+,18-,19+/m0/s1. The lowest BCUT2D eigenvalue weighted by Crippen LogP contribution is -2.67. The van der Waals surface area contributed by atoms with Crippen LogP contribution in [-0.4, -0.2) is 56.1 Å². The SMILES string of the molecule is C[C@]12CC[C@H](O)[C@@H](O)C1[C@@H](O)[C@H](O)C1C2CC[C@@]2(C)C1CC[C@@H]2O. The lowest BCUT2D eigenvalue weighted by molar-refractivity contribution is -0.252. The summed E-state index contributed by atoms with van der Waals surface area (Å²) in [4.78, 5) is 0. The van der Waals surface area contributed by atoms with E-state index in [-0.39, 0.29) is 34.7 Å². The maximum Gasteiger partial charge on any atom is 0.0861 e. The molecule has 0 aromatic carbocycles. The predicted molar refractivity (Wildman–Crippen MR) is 87.9 cm³/mol. The number of fused-ring (bicyclic) bond motifs is 5. The summed E-state index contributed by atoms with van der Waals surface area (Å²) in [7, 11) is 0. The van der Waals surface area contributed by atoms with Crippen molar-refractivity contribution in [1.29, 1.82) is 0 Å². The Morgan fingerprint density at radius 3 is 2.00 bits per heavy atom. The summed E-state index contributed by atoms with van der Waals surface area (Å²) in [6.07, 6.45) is 0.820. The molecular formula is C19H32O5. The van der Waals surface area contributed by atoms with Crippen molar-refractivity contribution < 1.29 is 25.5 Å². The van der Waals surface area contributed by atoms with Gasteiger partial charge in [0.15, 0.2) is 0 Å². The molecule has 4 fully saturated rings. The maximum absolute atomic E-state index is 11.0. The molecule has 4 saturated carbocycles. The minimum absolute atomic E-state index is 0.0282. The molecule has 0 aromatic heterocycles. The van der Waals surface area contributed by atoms with Gasteiger partial charge in [0.1, 0.15) is 0 Å². The third-order valence-electron chi connectivity index (χ3n) is 8.74. The van der Waals surface area contributed by atoms with Crippen molar-refractivity contribution >= 4 is 0 Å². The number of aliphatic hydroxyl groups excluding tert-OH is 5. The normalized spacial score (nSPS) is 63.4. The van der Waals surface area contributed by atoms with Crippen LogP contribution in [0, 0.1) is 34.5 Å². The highest BCUT2D eigenvalue weighted by Gasteiger charge is 2.66. The Morgan fingerprint density at radius 1 is 0.667 bits per heavy atom. The molecule has 4 aliphatic carbocycles. The molecule has 138 valence electrons. The molecule has 0 aliphatic heterocycles. The van der Waals surface area contributed by atoms with Gasteiger partial charge in [0.05, 0.1) is 30.5 Å². The fourth-order valence-electron chi connectivity index (χ4n) is 7.30. The molecule has 4 aliphatic rings. The van der Waals surface area contributed by atoms with E-state index in [0.717, 1.165) is 32.1 Å². The van der Waals surface area contributed by atoms with Crippen LogP contribution in [0.5, 0.6) is 0 Å². The number of hydrogen-bond donors (Lipinski definition) is 5. The molecule has 0 saturated heterocycles. The van der Waals surface area contributed by atoms with Crippen LogP contribution in [0.15, 0.2) is 0 Å². The second kappa shape index (κ2) is 5.40. The largest absolute Gasteiger partial charge is 0.393 e. The quantitative estimate of drug-likeness (QED) is 0.446. The second-order valence-corrected chi connectivity index (χ2v) is 9.54. The van der Waals surface area contributed by atoms with Gasteiger partial charge >= 0.3 is 0 Å². The van der Waals surface area contributed by atoms with Crippen molar-refractivity contribution in [2.24, 2.45) is 34.5 Å². The molecule has 0 bridgehead atoms. The van der Waals surface area contributed by atoms with Crippen LogP contribution in [0.1, 0.15) is 52.4 Å². The molecule has 0 spiro atoms. The molecular weight excluding hydrogens is 308 g/mol. The highest BCUT2D eigenvalue weighted by atomic mass is 16.3. The highest BCUT2D eigenvalue weighted by molar-refractivity contribution is 5.15. The number of hydrogen-bond acceptors (Lipinski definition) is 5. The van der Waals surface area contributed by atoms with Crippen LogP contribution in [0.3, 0.4) is 0 Å². The topological polar surface area (TPSA) is 101 Å². The van der Waals surface area contributed by atoms with E-state index < -0.39 is 30.3 Å². The first-order valence-electron chi connectivity index (χ1n) is 9.62. The van der Waals surface area contributed by atoms with Crippen molar-refractivity contribution in [2.75, 3.05) is 0 Å². The third kappa shape index (κ3) is 1.99. The summed E-state index contributed by atoms with van der Waals surface area (Å²) in [6, 6.07) is 0. The average molecular weight is 340 g/mol. The van der Waals surface area contributed by atoms with Gasteiger partial charge in [-0.2, -0.15) is 0 Å². The van der Waals surface area contributed by atoms with Gasteiger partial charge in [0.2, 0.25) is 0 Å². The van der Waals surface area contributed by atoms with Gasteiger partial charge in [-0.15, -0.1) is 0 Å². The van der Waals surface area contributed by atoms with Crippen molar-refractivity contribution in [1.82, 2.24) is 0 Å². The fraction of sp³-hybridized carbons (Fsp3) is 1.00. The van der Waals surface area contributed by atoms with E-state index in [1.807, 2.05) is 0 Å². The fourth-order valence-corrected chi connectivity index (χ4v) is 7.30. The first-order chi connectivity index (χ1) is 11.2. The molecule has 4 rings (SSSR count). The minimum Gasteiger partial charge on any atom is -0.393 e. The van der Waals surface area contributed by atoms with Crippen molar-refractivity contribution in [3.05, 3.63) is 0 Å². The van der Waals surface area contributed by atoms with Gasteiger partial charge in [0.25, 0.3) is 0 Å². The van der Waals surface area contributed by atoms with Crippen LogP contribution < -0.4 is 0 Å². The van der Waals surface area contributed by atoms with Crippen LogP contribution in [0.4, 0.5) is 0 Å². The Balaban J connectivity index is 1.74. The third-order valence-corrected chi connectivity index (χ3v) is 8.74. The van der Waals surface area contributed by atoms with Gasteiger partial charge in [-0.05, 0) is 67.1 Å². The molecule has 24 heavy (non-hydrogen) atoms. The maximum atomic E-state index is 11.0. The molecule has 5 heteroatoms. The molecule has 5 N–H and O–H groups in total. The van der Waals surface area contributed by atoms with Gasteiger partial charge in [0, 0.05) is 5.92 Å². The molecule has 0 heterocycles. The summed E-state index contributed by atoms with van der Waals surface area (Å²) in [5.74, 6) is -0.0585. The molecule has 0 amide bonds. The smallest absolute Gasteiger partial charge is 0.0861 e. The van der Waals surface area contributed by atoms with Crippen molar-refractivity contribution in [2.45, 2.75) is 82.9 Å². The lowest BCUT2D eigenvalue weighted by Gasteiger charge is -2.64. The second-order valence-electron chi connectivity index (χ2n) is 9.54. The van der Waals surface area contributed by atoms with Gasteiger partial charge in [-0.25, -0.2) is 0 Å². The van der Waals surface area contributed by atoms with Gasteiger partial charge in [-0.1, -0.05) is 13.8 Å². The van der Waals surface area contributed by atoms with E-state index in [4.69, 9.17) is 0 Å². The molecule has 0 radical (unpaired) electrons. The molecule has 5 nitrogen and oxygen atoms in total. The molecule has 11 atom stereocenters. The zero-order chi connectivity index (χ0) is 17.4. The van der Waals surface area contributed by atoms with E-state index in [1.165, 1.54) is 0 Å². The molecule has 0 aromatic rings. The lowest BCUT2D eigenvalue weighted by atomic mass is 9.43. The number of aliphatic hydroxyl groups is 5. The van der Waals surface area contributed by atoms with E-state index >= 15 is 0 Å². The Labute approximate surface area is 143 Å². The summed E-state index contributed by atoms with van der Waals surface area (Å²) in [6.45, 7) is 4.27. The van der Waals surface area contributed by atoms with Crippen LogP contribution in [0.2, 0.25) is 0 Å². The Bertz CT molecular complexity index is 512. The zero-order valence-electron chi connectivity index (χ0n) is 14.7. The minimum atomic E-state index is -1.01. The summed E-state index contributed by atoms with van der Waals surface area (Å²) >= 11 is 0. The van der Waals surface area contributed by atoms with Crippen molar-refractivity contribution in [3.63, 3.8) is 0 Å². The van der Waals surface area contributed by atoms with Gasteiger partial charge in [-0.3, -0.25) is 0 Å². The van der Waals surface area contributed by atoms with Gasteiger partial charge < -0.3 is 25.5 Å². The Hall–Kier alpha value is -0.200. The zero-order valence-corrected chi connectivity index (χ0v) is 14.7. The van der Waals surface area contributed by atoms with E-state index in [1.54, 1.807) is 0 Å². The van der Waals surface area contributed by atoms with Crippen LogP contribution in [-0.2, 0) is 0 Å². The Morgan fingerprint density at radius 2 is 1.29 bits per heavy atom. The first kappa shape index (κ1) is 17.2.